The second-order valence-corrected chi connectivity index (χ2v) is 5.54. The lowest BCUT2D eigenvalue weighted by molar-refractivity contribution is -0.138. The molecule has 0 aromatic rings. The Morgan fingerprint density at radius 1 is 1.18 bits per heavy atom. The van der Waals surface area contributed by atoms with Crippen LogP contribution < -0.4 is 5.32 Å². The lowest BCUT2D eigenvalue weighted by Gasteiger charge is -2.31. The molecule has 0 aromatic carbocycles. The van der Waals surface area contributed by atoms with E-state index in [0.717, 1.165) is 6.42 Å². The van der Waals surface area contributed by atoms with Gasteiger partial charge in [0, 0.05) is 24.7 Å². The Labute approximate surface area is 103 Å². The quantitative estimate of drug-likeness (QED) is 0.783. The van der Waals surface area contributed by atoms with Crippen LogP contribution in [0.25, 0.3) is 0 Å². The predicted octanol–water partition coefficient (Wildman–Crippen LogP) is 3.04. The van der Waals surface area contributed by atoms with E-state index in [9.17, 15) is 13.2 Å². The van der Waals surface area contributed by atoms with Gasteiger partial charge >= 0.3 is 6.18 Å². The second kappa shape index (κ2) is 6.59. The van der Waals surface area contributed by atoms with Crippen molar-refractivity contribution in [2.24, 2.45) is 0 Å². The summed E-state index contributed by atoms with van der Waals surface area (Å²) < 4.78 is 36.3. The Morgan fingerprint density at radius 3 is 2.06 bits per heavy atom. The maximum atomic E-state index is 12.1. The molecule has 0 aliphatic rings. The maximum Gasteiger partial charge on any atom is 0.390 e. The van der Waals surface area contributed by atoms with Gasteiger partial charge in [-0.3, -0.25) is 0 Å². The standard InChI is InChI=1S/C12H25F3N2/c1-6-10(9-16-11(2,3)4)17(5)8-7-12(13,14)15/h10,16H,6-9H2,1-5H3. The average molecular weight is 254 g/mol. The van der Waals surface area contributed by atoms with Crippen molar-refractivity contribution in [2.75, 3.05) is 20.1 Å². The zero-order chi connectivity index (χ0) is 13.7. The third kappa shape index (κ3) is 9.41. The molecule has 0 radical (unpaired) electrons. The molecular formula is C12H25F3N2. The highest BCUT2D eigenvalue weighted by Gasteiger charge is 2.28. The number of rotatable bonds is 6. The molecule has 0 amide bonds. The summed E-state index contributed by atoms with van der Waals surface area (Å²) in [4.78, 5) is 1.78. The Hall–Kier alpha value is -0.290. The molecule has 0 aliphatic carbocycles. The van der Waals surface area contributed by atoms with Crippen molar-refractivity contribution in [1.29, 1.82) is 0 Å². The topological polar surface area (TPSA) is 15.3 Å². The predicted molar refractivity (Wildman–Crippen MR) is 65.1 cm³/mol. The van der Waals surface area contributed by atoms with Crippen LogP contribution in [0.15, 0.2) is 0 Å². The van der Waals surface area contributed by atoms with E-state index in [4.69, 9.17) is 0 Å². The summed E-state index contributed by atoms with van der Waals surface area (Å²) in [6.45, 7) is 8.93. The first-order valence-electron chi connectivity index (χ1n) is 6.07. The molecule has 1 N–H and O–H groups in total. The molecule has 104 valence electrons. The second-order valence-electron chi connectivity index (χ2n) is 5.54. The molecule has 0 aromatic heterocycles. The van der Waals surface area contributed by atoms with E-state index in [0.29, 0.717) is 6.54 Å². The molecule has 0 heterocycles. The van der Waals surface area contributed by atoms with Crippen LogP contribution in [-0.4, -0.2) is 42.8 Å². The lowest BCUT2D eigenvalue weighted by atomic mass is 10.1. The summed E-state index contributed by atoms with van der Waals surface area (Å²) in [5.41, 5.74) is -0.00170. The van der Waals surface area contributed by atoms with E-state index in [2.05, 4.69) is 26.1 Å². The van der Waals surface area contributed by atoms with Crippen LogP contribution in [0.5, 0.6) is 0 Å². The Morgan fingerprint density at radius 2 is 1.71 bits per heavy atom. The molecule has 0 saturated carbocycles. The van der Waals surface area contributed by atoms with Crippen molar-refractivity contribution in [2.45, 2.75) is 58.3 Å². The number of nitrogens with zero attached hydrogens (tertiary/aromatic N) is 1. The highest BCUT2D eigenvalue weighted by atomic mass is 19.4. The molecule has 0 spiro atoms. The fourth-order valence-corrected chi connectivity index (χ4v) is 1.52. The summed E-state index contributed by atoms with van der Waals surface area (Å²) in [6.07, 6.45) is -3.96. The van der Waals surface area contributed by atoms with E-state index in [1.165, 1.54) is 0 Å². The fraction of sp³-hybridized carbons (Fsp3) is 1.00. The number of hydrogen-bond acceptors (Lipinski definition) is 2. The largest absolute Gasteiger partial charge is 0.390 e. The smallest absolute Gasteiger partial charge is 0.311 e. The van der Waals surface area contributed by atoms with Gasteiger partial charge in [0.25, 0.3) is 0 Å². The summed E-state index contributed by atoms with van der Waals surface area (Å²) in [5, 5.41) is 3.33. The van der Waals surface area contributed by atoms with Crippen LogP contribution >= 0.6 is 0 Å². The van der Waals surface area contributed by atoms with Crippen molar-refractivity contribution >= 4 is 0 Å². The van der Waals surface area contributed by atoms with Crippen molar-refractivity contribution in [3.05, 3.63) is 0 Å². The minimum absolute atomic E-state index is 0.00170. The maximum absolute atomic E-state index is 12.1. The van der Waals surface area contributed by atoms with Gasteiger partial charge in [-0.05, 0) is 34.2 Å². The van der Waals surface area contributed by atoms with Crippen molar-refractivity contribution in [3.8, 4) is 0 Å². The van der Waals surface area contributed by atoms with Crippen molar-refractivity contribution < 1.29 is 13.2 Å². The molecule has 2 nitrogen and oxygen atoms in total. The van der Waals surface area contributed by atoms with Crippen molar-refractivity contribution in [1.82, 2.24) is 10.2 Å². The third-order valence-corrected chi connectivity index (χ3v) is 2.71. The van der Waals surface area contributed by atoms with Gasteiger partial charge in [0.1, 0.15) is 0 Å². The zero-order valence-corrected chi connectivity index (χ0v) is 11.5. The lowest BCUT2D eigenvalue weighted by Crippen LogP contribution is -2.46. The minimum atomic E-state index is -4.07. The Kier molecular flexibility index (Phi) is 6.48. The van der Waals surface area contributed by atoms with Gasteiger partial charge in [-0.15, -0.1) is 0 Å². The normalized spacial score (nSPS) is 15.4. The number of halogens is 3. The fourth-order valence-electron chi connectivity index (χ4n) is 1.52. The average Bonchev–Trinajstić information content (AvgIpc) is 2.12. The first-order valence-corrected chi connectivity index (χ1v) is 6.07. The number of hydrogen-bond donors (Lipinski definition) is 1. The van der Waals surface area contributed by atoms with E-state index in [1.807, 2.05) is 6.92 Å². The van der Waals surface area contributed by atoms with Gasteiger partial charge in [0.15, 0.2) is 0 Å². The van der Waals surface area contributed by atoms with Gasteiger partial charge < -0.3 is 10.2 Å². The summed E-state index contributed by atoms with van der Waals surface area (Å²) >= 11 is 0. The van der Waals surface area contributed by atoms with Gasteiger partial charge in [-0.2, -0.15) is 13.2 Å². The van der Waals surface area contributed by atoms with E-state index in [1.54, 1.807) is 11.9 Å². The molecule has 5 heteroatoms. The first-order chi connectivity index (χ1) is 7.55. The minimum Gasteiger partial charge on any atom is -0.311 e. The monoisotopic (exact) mass is 254 g/mol. The van der Waals surface area contributed by atoms with Crippen LogP contribution in [-0.2, 0) is 0 Å². The van der Waals surface area contributed by atoms with Crippen LogP contribution in [0.1, 0.15) is 40.5 Å². The molecule has 0 rings (SSSR count). The highest BCUT2D eigenvalue weighted by molar-refractivity contribution is 4.77. The number of likely N-dealkylation sites (N-methyl/N-ethyl adjacent to an activating group) is 1. The van der Waals surface area contributed by atoms with Crippen LogP contribution in [0.2, 0.25) is 0 Å². The molecule has 0 fully saturated rings. The molecule has 0 saturated heterocycles. The first kappa shape index (κ1) is 16.7. The van der Waals surface area contributed by atoms with Gasteiger partial charge in [-0.1, -0.05) is 6.92 Å². The molecular weight excluding hydrogens is 229 g/mol. The molecule has 1 unspecified atom stereocenters. The number of nitrogens with one attached hydrogen (secondary N) is 1. The van der Waals surface area contributed by atoms with Crippen LogP contribution in [0.4, 0.5) is 13.2 Å². The Balaban J connectivity index is 4.08. The van der Waals surface area contributed by atoms with E-state index >= 15 is 0 Å². The van der Waals surface area contributed by atoms with Crippen molar-refractivity contribution in [3.63, 3.8) is 0 Å². The number of alkyl halides is 3. The zero-order valence-electron chi connectivity index (χ0n) is 11.5. The van der Waals surface area contributed by atoms with Crippen LogP contribution in [0.3, 0.4) is 0 Å². The molecule has 1 atom stereocenters. The molecule has 17 heavy (non-hydrogen) atoms. The SMILES string of the molecule is CCC(CNC(C)(C)C)N(C)CCC(F)(F)F. The third-order valence-electron chi connectivity index (χ3n) is 2.71. The van der Waals surface area contributed by atoms with Crippen LogP contribution in [0, 0.1) is 0 Å². The summed E-state index contributed by atoms with van der Waals surface area (Å²) in [5.74, 6) is 0. The van der Waals surface area contributed by atoms with Gasteiger partial charge in [0.05, 0.1) is 6.42 Å². The summed E-state index contributed by atoms with van der Waals surface area (Å²) in [6, 6.07) is 0.150. The van der Waals surface area contributed by atoms with Gasteiger partial charge in [-0.25, -0.2) is 0 Å². The van der Waals surface area contributed by atoms with E-state index < -0.39 is 12.6 Å². The summed E-state index contributed by atoms with van der Waals surface area (Å²) in [7, 11) is 1.75. The van der Waals surface area contributed by atoms with Gasteiger partial charge in [0.2, 0.25) is 0 Å². The molecule has 0 bridgehead atoms. The van der Waals surface area contributed by atoms with E-state index in [-0.39, 0.29) is 18.1 Å². The highest BCUT2D eigenvalue weighted by Crippen LogP contribution is 2.20. The Bertz CT molecular complexity index is 209. The molecule has 0 aliphatic heterocycles.